The van der Waals surface area contributed by atoms with Crippen LogP contribution in [-0.4, -0.2) is 30.9 Å². The molecule has 10 heteroatoms. The first kappa shape index (κ1) is 21.4. The number of ether oxygens (including phenoxy) is 2. The van der Waals surface area contributed by atoms with Gasteiger partial charge in [0.05, 0.1) is 7.11 Å². The summed E-state index contributed by atoms with van der Waals surface area (Å²) in [5.41, 5.74) is 1.84. The number of thiazole rings is 1. The minimum atomic E-state index is -4.74. The third-order valence-corrected chi connectivity index (χ3v) is 4.69. The van der Waals surface area contributed by atoms with E-state index in [1.54, 1.807) is 12.5 Å². The molecule has 30 heavy (non-hydrogen) atoms. The molecule has 0 saturated carbocycles. The molecule has 0 unspecified atom stereocenters. The molecule has 0 aliphatic heterocycles. The van der Waals surface area contributed by atoms with E-state index in [1.807, 2.05) is 24.3 Å². The average Bonchev–Trinajstić information content (AvgIpc) is 3.17. The first-order valence-electron chi connectivity index (χ1n) is 8.82. The van der Waals surface area contributed by atoms with Crippen LogP contribution in [0.4, 0.5) is 24.0 Å². The van der Waals surface area contributed by atoms with Crippen LogP contribution in [-0.2, 0) is 6.42 Å². The quantitative estimate of drug-likeness (QED) is 0.531. The second-order valence-electron chi connectivity index (χ2n) is 6.09. The van der Waals surface area contributed by atoms with Gasteiger partial charge in [0.15, 0.2) is 5.13 Å². The van der Waals surface area contributed by atoms with Crippen molar-refractivity contribution < 1.29 is 27.4 Å². The van der Waals surface area contributed by atoms with Crippen molar-refractivity contribution in [2.24, 2.45) is 0 Å². The summed E-state index contributed by atoms with van der Waals surface area (Å²) in [5.74, 6) is 0.152. The third-order valence-electron chi connectivity index (χ3n) is 3.93. The van der Waals surface area contributed by atoms with Gasteiger partial charge in [0.25, 0.3) is 5.91 Å². The van der Waals surface area contributed by atoms with Gasteiger partial charge in [-0.3, -0.25) is 4.79 Å². The summed E-state index contributed by atoms with van der Waals surface area (Å²) in [4.78, 5) is 16.4. The summed E-state index contributed by atoms with van der Waals surface area (Å²) >= 11 is 1.21. The summed E-state index contributed by atoms with van der Waals surface area (Å²) in [5, 5.41) is 7.79. The van der Waals surface area contributed by atoms with Crippen LogP contribution in [0.2, 0.25) is 0 Å². The highest BCUT2D eigenvalue weighted by atomic mass is 32.1. The SMILES string of the molecule is COc1ccc(CCNC(=O)c2csc(Nc3ccc(OC(F)(F)F)cc3)n2)cc1. The zero-order valence-corrected chi connectivity index (χ0v) is 16.6. The molecule has 1 heterocycles. The molecule has 6 nitrogen and oxygen atoms in total. The van der Waals surface area contributed by atoms with Crippen LogP contribution in [0.1, 0.15) is 16.1 Å². The Bertz CT molecular complexity index is 973. The molecule has 0 aliphatic carbocycles. The second-order valence-corrected chi connectivity index (χ2v) is 6.95. The molecular weight excluding hydrogens is 419 g/mol. The highest BCUT2D eigenvalue weighted by Gasteiger charge is 2.30. The molecule has 3 rings (SSSR count). The molecule has 0 fully saturated rings. The number of amides is 1. The molecule has 0 saturated heterocycles. The van der Waals surface area contributed by atoms with E-state index < -0.39 is 6.36 Å². The Kier molecular flexibility index (Phi) is 6.78. The number of hydrogen-bond acceptors (Lipinski definition) is 6. The number of nitrogens with one attached hydrogen (secondary N) is 2. The molecule has 2 N–H and O–H groups in total. The number of rotatable bonds is 8. The fourth-order valence-electron chi connectivity index (χ4n) is 2.50. The number of halogens is 3. The zero-order valence-electron chi connectivity index (χ0n) is 15.8. The average molecular weight is 437 g/mol. The van der Waals surface area contributed by atoms with Gasteiger partial charge in [-0.05, 0) is 48.4 Å². The molecule has 1 amide bonds. The van der Waals surface area contributed by atoms with Gasteiger partial charge in [0.2, 0.25) is 0 Å². The van der Waals surface area contributed by atoms with Crippen molar-refractivity contribution in [2.75, 3.05) is 19.0 Å². The molecule has 0 bridgehead atoms. The maximum Gasteiger partial charge on any atom is 0.573 e. The van der Waals surface area contributed by atoms with Crippen molar-refractivity contribution in [3.05, 3.63) is 65.2 Å². The number of nitrogens with zero attached hydrogens (tertiary/aromatic N) is 1. The van der Waals surface area contributed by atoms with Crippen molar-refractivity contribution in [3.8, 4) is 11.5 Å². The van der Waals surface area contributed by atoms with E-state index in [-0.39, 0.29) is 17.4 Å². The van der Waals surface area contributed by atoms with Gasteiger partial charge < -0.3 is 20.1 Å². The normalized spacial score (nSPS) is 11.1. The molecule has 158 valence electrons. The van der Waals surface area contributed by atoms with E-state index >= 15 is 0 Å². The lowest BCUT2D eigenvalue weighted by molar-refractivity contribution is -0.274. The minimum Gasteiger partial charge on any atom is -0.497 e. The van der Waals surface area contributed by atoms with E-state index in [0.29, 0.717) is 23.8 Å². The third kappa shape index (κ3) is 6.38. The van der Waals surface area contributed by atoms with Crippen LogP contribution in [0, 0.1) is 0 Å². The van der Waals surface area contributed by atoms with Crippen molar-refractivity contribution in [3.63, 3.8) is 0 Å². The number of hydrogen-bond donors (Lipinski definition) is 2. The molecule has 3 aromatic rings. The van der Waals surface area contributed by atoms with E-state index in [9.17, 15) is 18.0 Å². The van der Waals surface area contributed by atoms with Gasteiger partial charge >= 0.3 is 6.36 Å². The van der Waals surface area contributed by atoms with Gasteiger partial charge in [-0.25, -0.2) is 4.98 Å². The molecule has 0 atom stereocenters. The number of anilines is 2. The van der Waals surface area contributed by atoms with Crippen molar-refractivity contribution in [1.29, 1.82) is 0 Å². The Labute approximate surface area is 174 Å². The number of carbonyl (C=O) groups excluding carboxylic acids is 1. The minimum absolute atomic E-state index is 0.259. The second kappa shape index (κ2) is 9.49. The fraction of sp³-hybridized carbons (Fsp3) is 0.200. The molecule has 0 spiro atoms. The zero-order chi connectivity index (χ0) is 21.6. The number of methoxy groups -OCH3 is 1. The lowest BCUT2D eigenvalue weighted by Gasteiger charge is -2.09. The topological polar surface area (TPSA) is 72.5 Å². The van der Waals surface area contributed by atoms with E-state index in [1.165, 1.54) is 35.6 Å². The predicted octanol–water partition coefficient (Wildman–Crippen LogP) is 4.77. The first-order valence-corrected chi connectivity index (χ1v) is 9.70. The largest absolute Gasteiger partial charge is 0.573 e. The van der Waals surface area contributed by atoms with Crippen molar-refractivity contribution in [2.45, 2.75) is 12.8 Å². The lowest BCUT2D eigenvalue weighted by Crippen LogP contribution is -2.25. The van der Waals surface area contributed by atoms with Gasteiger partial charge in [0, 0.05) is 17.6 Å². The van der Waals surface area contributed by atoms with Crippen molar-refractivity contribution >= 4 is 28.1 Å². The molecule has 1 aromatic heterocycles. The van der Waals surface area contributed by atoms with Crippen molar-refractivity contribution in [1.82, 2.24) is 10.3 Å². The van der Waals surface area contributed by atoms with Gasteiger partial charge in [-0.15, -0.1) is 24.5 Å². The highest BCUT2D eigenvalue weighted by molar-refractivity contribution is 7.14. The van der Waals surface area contributed by atoms with Crippen LogP contribution < -0.4 is 20.1 Å². The standard InChI is InChI=1S/C20H18F3N3O3S/c1-28-15-6-2-13(3-7-15)10-11-24-18(27)17-12-30-19(26-17)25-14-4-8-16(9-5-14)29-20(21,22)23/h2-9,12H,10-11H2,1H3,(H,24,27)(H,25,26). The summed E-state index contributed by atoms with van der Waals surface area (Å²) in [6.45, 7) is 0.451. The van der Waals surface area contributed by atoms with Crippen LogP contribution in [0.25, 0.3) is 0 Å². The number of alkyl halides is 3. The molecule has 2 aromatic carbocycles. The number of aromatic nitrogens is 1. The summed E-state index contributed by atoms with van der Waals surface area (Å²) in [6, 6.07) is 12.8. The van der Waals surface area contributed by atoms with Gasteiger partial charge in [0.1, 0.15) is 17.2 Å². The molecule has 0 aliphatic rings. The van der Waals surface area contributed by atoms with Crippen LogP contribution in [0.15, 0.2) is 53.9 Å². The fourth-order valence-corrected chi connectivity index (χ4v) is 3.21. The summed E-state index contributed by atoms with van der Waals surface area (Å²) in [6.07, 6.45) is -4.07. The Morgan fingerprint density at radius 1 is 1.07 bits per heavy atom. The van der Waals surface area contributed by atoms with E-state index in [0.717, 1.165) is 11.3 Å². The van der Waals surface area contributed by atoms with E-state index in [4.69, 9.17) is 4.74 Å². The Balaban J connectivity index is 1.49. The molecular formula is C20H18F3N3O3S. The Morgan fingerprint density at radius 2 is 1.73 bits per heavy atom. The highest BCUT2D eigenvalue weighted by Crippen LogP contribution is 2.26. The maximum atomic E-state index is 12.2. The lowest BCUT2D eigenvalue weighted by atomic mass is 10.1. The monoisotopic (exact) mass is 437 g/mol. The smallest absolute Gasteiger partial charge is 0.497 e. The van der Waals surface area contributed by atoms with Crippen LogP contribution in [0.5, 0.6) is 11.5 Å². The van der Waals surface area contributed by atoms with Crippen LogP contribution in [0.3, 0.4) is 0 Å². The Hall–Kier alpha value is -3.27. The predicted molar refractivity (Wildman–Crippen MR) is 108 cm³/mol. The molecule has 0 radical (unpaired) electrons. The summed E-state index contributed by atoms with van der Waals surface area (Å²) < 4.78 is 45.5. The van der Waals surface area contributed by atoms with Gasteiger partial charge in [-0.1, -0.05) is 12.1 Å². The van der Waals surface area contributed by atoms with Crippen LogP contribution >= 0.6 is 11.3 Å². The first-order chi connectivity index (χ1) is 14.3. The number of carbonyl (C=O) groups is 1. The Morgan fingerprint density at radius 3 is 2.37 bits per heavy atom. The van der Waals surface area contributed by atoms with E-state index in [2.05, 4.69) is 20.4 Å². The summed E-state index contributed by atoms with van der Waals surface area (Å²) in [7, 11) is 1.60. The number of benzene rings is 2. The maximum absolute atomic E-state index is 12.2. The van der Waals surface area contributed by atoms with Gasteiger partial charge in [-0.2, -0.15) is 0 Å².